The van der Waals surface area contributed by atoms with Crippen molar-refractivity contribution in [1.29, 1.82) is 0 Å². The monoisotopic (exact) mass is 257 g/mol. The molecule has 2 N–H and O–H groups in total. The molecule has 0 fully saturated rings. The third kappa shape index (κ3) is 3.29. The van der Waals surface area contributed by atoms with Crippen molar-refractivity contribution in [2.24, 2.45) is 0 Å². The molecule has 0 saturated heterocycles. The first kappa shape index (κ1) is 12.6. The maximum absolute atomic E-state index is 11.5. The first-order chi connectivity index (χ1) is 8.11. The standard InChI is InChI=1S/C11H19N3O2S/c1-2-7-17(15,16)12-8-11-13-9-5-3-4-6-10(9)14-11/h12H,2-8H2,1H3,(H,13,14). The van der Waals surface area contributed by atoms with E-state index in [4.69, 9.17) is 0 Å². The second-order valence-corrected chi connectivity index (χ2v) is 6.38. The number of hydrogen-bond acceptors (Lipinski definition) is 3. The number of fused-ring (bicyclic) bond motifs is 1. The quantitative estimate of drug-likeness (QED) is 0.830. The zero-order valence-corrected chi connectivity index (χ0v) is 10.9. The highest BCUT2D eigenvalue weighted by atomic mass is 32.2. The summed E-state index contributed by atoms with van der Waals surface area (Å²) in [6, 6.07) is 0. The number of nitrogens with zero attached hydrogens (tertiary/aromatic N) is 1. The summed E-state index contributed by atoms with van der Waals surface area (Å²) in [4.78, 5) is 7.64. The third-order valence-corrected chi connectivity index (χ3v) is 4.47. The van der Waals surface area contributed by atoms with Crippen molar-refractivity contribution in [2.45, 2.75) is 45.6 Å². The van der Waals surface area contributed by atoms with Crippen LogP contribution >= 0.6 is 0 Å². The summed E-state index contributed by atoms with van der Waals surface area (Å²) in [6.45, 7) is 2.13. The normalized spacial score (nSPS) is 15.8. The summed E-state index contributed by atoms with van der Waals surface area (Å²) < 4.78 is 25.6. The number of aromatic nitrogens is 2. The molecule has 17 heavy (non-hydrogen) atoms. The minimum atomic E-state index is -3.14. The number of H-pyrrole nitrogens is 1. The van der Waals surface area contributed by atoms with Gasteiger partial charge >= 0.3 is 0 Å². The van der Waals surface area contributed by atoms with E-state index >= 15 is 0 Å². The van der Waals surface area contributed by atoms with E-state index in [0.717, 1.165) is 24.4 Å². The maximum atomic E-state index is 11.5. The number of rotatable bonds is 5. The Hall–Kier alpha value is -0.880. The van der Waals surface area contributed by atoms with Crippen LogP contribution in [0.15, 0.2) is 0 Å². The molecule has 0 aromatic carbocycles. The number of imidazole rings is 1. The van der Waals surface area contributed by atoms with Gasteiger partial charge in [-0.05, 0) is 32.1 Å². The average Bonchev–Trinajstić information content (AvgIpc) is 2.69. The molecule has 0 amide bonds. The van der Waals surface area contributed by atoms with Crippen molar-refractivity contribution < 1.29 is 8.42 Å². The molecule has 1 aromatic heterocycles. The van der Waals surface area contributed by atoms with Crippen LogP contribution in [0.5, 0.6) is 0 Å². The van der Waals surface area contributed by atoms with Gasteiger partial charge in [0.15, 0.2) is 0 Å². The molecular weight excluding hydrogens is 238 g/mol. The summed E-state index contributed by atoms with van der Waals surface area (Å²) in [6.07, 6.45) is 5.04. The second kappa shape index (κ2) is 5.18. The summed E-state index contributed by atoms with van der Waals surface area (Å²) in [5.74, 6) is 0.907. The van der Waals surface area contributed by atoms with Crippen LogP contribution in [0.3, 0.4) is 0 Å². The number of aromatic amines is 1. The Morgan fingerprint density at radius 3 is 2.82 bits per heavy atom. The Morgan fingerprint density at radius 1 is 1.35 bits per heavy atom. The molecule has 96 valence electrons. The SMILES string of the molecule is CCCS(=O)(=O)NCc1nc2c([nH]1)CCCC2. The molecular formula is C11H19N3O2S. The zero-order valence-electron chi connectivity index (χ0n) is 10.1. The van der Waals surface area contributed by atoms with Gasteiger partial charge in [-0.3, -0.25) is 0 Å². The fourth-order valence-electron chi connectivity index (χ4n) is 2.12. The van der Waals surface area contributed by atoms with E-state index in [1.54, 1.807) is 0 Å². The Bertz CT molecular complexity index is 455. The molecule has 0 bridgehead atoms. The molecule has 1 aliphatic carbocycles. The van der Waals surface area contributed by atoms with Crippen molar-refractivity contribution in [3.05, 3.63) is 17.2 Å². The molecule has 0 spiro atoms. The Labute approximate surface area is 102 Å². The first-order valence-corrected chi connectivity index (χ1v) is 7.80. The predicted octanol–water partition coefficient (Wildman–Crippen LogP) is 1.12. The van der Waals surface area contributed by atoms with Crippen molar-refractivity contribution >= 4 is 10.0 Å². The number of hydrogen-bond donors (Lipinski definition) is 2. The zero-order chi connectivity index (χ0) is 12.3. The molecule has 5 nitrogen and oxygen atoms in total. The van der Waals surface area contributed by atoms with E-state index in [9.17, 15) is 8.42 Å². The van der Waals surface area contributed by atoms with Crippen LogP contribution in [0.4, 0.5) is 0 Å². The fourth-order valence-corrected chi connectivity index (χ4v) is 3.15. The number of nitrogens with one attached hydrogen (secondary N) is 2. The van der Waals surface area contributed by atoms with Crippen molar-refractivity contribution in [1.82, 2.24) is 14.7 Å². The minimum Gasteiger partial charge on any atom is -0.345 e. The highest BCUT2D eigenvalue weighted by Crippen LogP contribution is 2.18. The van der Waals surface area contributed by atoms with Gasteiger partial charge in [-0.2, -0.15) is 0 Å². The highest BCUT2D eigenvalue weighted by Gasteiger charge is 2.15. The van der Waals surface area contributed by atoms with Crippen LogP contribution < -0.4 is 4.72 Å². The second-order valence-electron chi connectivity index (χ2n) is 4.46. The van der Waals surface area contributed by atoms with E-state index < -0.39 is 10.0 Å². The van der Waals surface area contributed by atoms with Gasteiger partial charge in [0, 0.05) is 5.69 Å². The molecule has 2 rings (SSSR count). The van der Waals surface area contributed by atoms with Gasteiger partial charge in [-0.15, -0.1) is 0 Å². The van der Waals surface area contributed by atoms with E-state index in [1.807, 2.05) is 6.92 Å². The molecule has 0 saturated carbocycles. The minimum absolute atomic E-state index is 0.174. The number of aryl methyl sites for hydroxylation is 2. The van der Waals surface area contributed by atoms with Gasteiger partial charge < -0.3 is 4.98 Å². The fraction of sp³-hybridized carbons (Fsp3) is 0.727. The van der Waals surface area contributed by atoms with Gasteiger partial charge in [-0.25, -0.2) is 18.1 Å². The lowest BCUT2D eigenvalue weighted by Crippen LogP contribution is -2.26. The molecule has 1 aliphatic rings. The van der Waals surface area contributed by atoms with Gasteiger partial charge in [-0.1, -0.05) is 6.92 Å². The molecule has 0 radical (unpaired) electrons. The van der Waals surface area contributed by atoms with E-state index in [2.05, 4.69) is 14.7 Å². The van der Waals surface area contributed by atoms with E-state index in [1.165, 1.54) is 18.5 Å². The molecule has 0 atom stereocenters. The van der Waals surface area contributed by atoms with Crippen LogP contribution in [-0.2, 0) is 29.4 Å². The Morgan fingerprint density at radius 2 is 2.12 bits per heavy atom. The third-order valence-electron chi connectivity index (χ3n) is 2.94. The summed E-state index contributed by atoms with van der Waals surface area (Å²) in [7, 11) is -3.14. The summed E-state index contributed by atoms with van der Waals surface area (Å²) >= 11 is 0. The van der Waals surface area contributed by atoms with Crippen LogP contribution in [0.1, 0.15) is 43.4 Å². The van der Waals surface area contributed by atoms with Crippen LogP contribution in [0, 0.1) is 0 Å². The lowest BCUT2D eigenvalue weighted by molar-refractivity contribution is 0.578. The van der Waals surface area contributed by atoms with Gasteiger partial charge in [0.2, 0.25) is 10.0 Å². The Kier molecular flexibility index (Phi) is 3.83. The van der Waals surface area contributed by atoms with Gasteiger partial charge in [0.05, 0.1) is 18.0 Å². The molecule has 0 unspecified atom stereocenters. The molecule has 0 aliphatic heterocycles. The Balaban J connectivity index is 1.98. The smallest absolute Gasteiger partial charge is 0.211 e. The summed E-state index contributed by atoms with van der Waals surface area (Å²) in [5, 5.41) is 0. The lowest BCUT2D eigenvalue weighted by Gasteiger charge is -2.07. The summed E-state index contributed by atoms with van der Waals surface area (Å²) in [5.41, 5.74) is 2.29. The van der Waals surface area contributed by atoms with Gasteiger partial charge in [0.1, 0.15) is 5.82 Å². The van der Waals surface area contributed by atoms with Crippen LogP contribution in [-0.4, -0.2) is 24.1 Å². The van der Waals surface area contributed by atoms with Gasteiger partial charge in [0.25, 0.3) is 0 Å². The van der Waals surface area contributed by atoms with Crippen molar-refractivity contribution in [3.8, 4) is 0 Å². The molecule has 6 heteroatoms. The number of sulfonamides is 1. The first-order valence-electron chi connectivity index (χ1n) is 6.14. The highest BCUT2D eigenvalue weighted by molar-refractivity contribution is 7.89. The van der Waals surface area contributed by atoms with Crippen molar-refractivity contribution in [3.63, 3.8) is 0 Å². The molecule has 1 aromatic rings. The topological polar surface area (TPSA) is 74.8 Å². The van der Waals surface area contributed by atoms with Crippen molar-refractivity contribution in [2.75, 3.05) is 5.75 Å². The lowest BCUT2D eigenvalue weighted by atomic mass is 10.0. The predicted molar refractivity (Wildman–Crippen MR) is 66.1 cm³/mol. The van der Waals surface area contributed by atoms with Crippen LogP contribution in [0.2, 0.25) is 0 Å². The van der Waals surface area contributed by atoms with E-state index in [0.29, 0.717) is 6.42 Å². The van der Waals surface area contributed by atoms with Crippen LogP contribution in [0.25, 0.3) is 0 Å². The molecule has 1 heterocycles. The largest absolute Gasteiger partial charge is 0.345 e. The van der Waals surface area contributed by atoms with E-state index in [-0.39, 0.29) is 12.3 Å². The average molecular weight is 257 g/mol. The maximum Gasteiger partial charge on any atom is 0.211 e.